The summed E-state index contributed by atoms with van der Waals surface area (Å²) in [6.07, 6.45) is 2.56. The molecule has 2 rings (SSSR count). The molecule has 0 spiro atoms. The first kappa shape index (κ1) is 15.2. The number of carbonyl (C=O) groups excluding carboxylic acids is 1. The van der Waals surface area contributed by atoms with E-state index in [4.69, 9.17) is 5.26 Å². The summed E-state index contributed by atoms with van der Waals surface area (Å²) < 4.78 is 2.55. The van der Waals surface area contributed by atoms with Gasteiger partial charge in [-0.2, -0.15) is 15.5 Å². The van der Waals surface area contributed by atoms with Gasteiger partial charge in [-0.05, 0) is 13.8 Å². The molecule has 0 saturated carbocycles. The van der Waals surface area contributed by atoms with E-state index in [9.17, 15) is 14.9 Å². The van der Waals surface area contributed by atoms with Crippen LogP contribution in [-0.2, 0) is 11.8 Å². The average Bonchev–Trinajstić information content (AvgIpc) is 3.01. The number of amides is 1. The molecule has 0 aromatic carbocycles. The first-order valence-electron chi connectivity index (χ1n) is 6.28. The fraction of sp³-hybridized carbons (Fsp3) is 0.333. The van der Waals surface area contributed by atoms with Gasteiger partial charge in [0.15, 0.2) is 5.69 Å². The molecule has 10 nitrogen and oxygen atoms in total. The summed E-state index contributed by atoms with van der Waals surface area (Å²) in [5, 5.41) is 30.2. The van der Waals surface area contributed by atoms with Gasteiger partial charge in [0.1, 0.15) is 24.0 Å². The molecule has 114 valence electrons. The monoisotopic (exact) mass is 303 g/mol. The second kappa shape index (κ2) is 5.65. The van der Waals surface area contributed by atoms with Gasteiger partial charge in [0.05, 0.1) is 16.8 Å². The quantitative estimate of drug-likeness (QED) is 0.659. The summed E-state index contributed by atoms with van der Waals surface area (Å²) in [4.78, 5) is 22.4. The maximum absolute atomic E-state index is 12.2. The topological polar surface area (TPSA) is 132 Å². The Labute approximate surface area is 125 Å². The summed E-state index contributed by atoms with van der Waals surface area (Å²) in [6.45, 7) is 3.04. The number of aryl methyl sites for hydroxylation is 2. The van der Waals surface area contributed by atoms with Crippen LogP contribution in [0, 0.1) is 28.4 Å². The molecule has 2 heterocycles. The Balaban J connectivity index is 2.21. The third kappa shape index (κ3) is 2.64. The molecule has 0 aliphatic heterocycles. The van der Waals surface area contributed by atoms with Gasteiger partial charge in [0.2, 0.25) is 5.91 Å². The molecular weight excluding hydrogens is 290 g/mol. The number of nitrogens with one attached hydrogen (secondary N) is 1. The molecule has 0 radical (unpaired) electrons. The van der Waals surface area contributed by atoms with Gasteiger partial charge in [0.25, 0.3) is 0 Å². The zero-order valence-corrected chi connectivity index (χ0v) is 12.1. The summed E-state index contributed by atoms with van der Waals surface area (Å²) in [7, 11) is 1.58. The summed E-state index contributed by atoms with van der Waals surface area (Å²) >= 11 is 0. The Bertz CT molecular complexity index is 783. The average molecular weight is 303 g/mol. The zero-order valence-electron chi connectivity index (χ0n) is 12.1. The first-order valence-corrected chi connectivity index (χ1v) is 6.28. The standard InChI is InChI=1S/C12H13N7O3/c1-7-11(19(21)22)6-18(16-7)8(2)12(20)15-9-5-14-17(3)10(9)4-13/h5-6,8H,1-3H3,(H,15,20)/t8-/m0/s1. The van der Waals surface area contributed by atoms with Crippen LogP contribution >= 0.6 is 0 Å². The van der Waals surface area contributed by atoms with Crippen molar-refractivity contribution in [1.82, 2.24) is 19.6 Å². The number of hydrogen-bond acceptors (Lipinski definition) is 6. The summed E-state index contributed by atoms with van der Waals surface area (Å²) in [5.74, 6) is -0.457. The van der Waals surface area contributed by atoms with Gasteiger partial charge in [-0.15, -0.1) is 0 Å². The van der Waals surface area contributed by atoms with Gasteiger partial charge < -0.3 is 5.32 Å². The van der Waals surface area contributed by atoms with Crippen LogP contribution in [0.4, 0.5) is 11.4 Å². The number of nitriles is 1. The van der Waals surface area contributed by atoms with Crippen LogP contribution in [0.15, 0.2) is 12.4 Å². The lowest BCUT2D eigenvalue weighted by Crippen LogP contribution is -2.24. The molecule has 0 aliphatic carbocycles. The smallest absolute Gasteiger partial charge is 0.309 e. The fourth-order valence-electron chi connectivity index (χ4n) is 1.87. The number of nitro groups is 1. The third-order valence-corrected chi connectivity index (χ3v) is 3.17. The number of nitrogens with zero attached hydrogens (tertiary/aromatic N) is 6. The van der Waals surface area contributed by atoms with Crippen LogP contribution in [-0.4, -0.2) is 30.4 Å². The lowest BCUT2D eigenvalue weighted by atomic mass is 10.3. The maximum Gasteiger partial charge on any atom is 0.309 e. The largest absolute Gasteiger partial charge is 0.320 e. The highest BCUT2D eigenvalue weighted by Crippen LogP contribution is 2.20. The third-order valence-electron chi connectivity index (χ3n) is 3.17. The fourth-order valence-corrected chi connectivity index (χ4v) is 1.87. The minimum Gasteiger partial charge on any atom is -0.320 e. The van der Waals surface area contributed by atoms with Crippen molar-refractivity contribution in [2.75, 3.05) is 5.32 Å². The number of aromatic nitrogens is 4. The van der Waals surface area contributed by atoms with Crippen molar-refractivity contribution < 1.29 is 9.72 Å². The summed E-state index contributed by atoms with van der Waals surface area (Å²) in [6, 6.07) is 1.15. The molecule has 1 amide bonds. The van der Waals surface area contributed by atoms with Gasteiger partial charge in [-0.3, -0.25) is 24.3 Å². The van der Waals surface area contributed by atoms with Crippen LogP contribution < -0.4 is 5.32 Å². The minimum atomic E-state index is -0.779. The minimum absolute atomic E-state index is 0.154. The van der Waals surface area contributed by atoms with Crippen LogP contribution in [0.2, 0.25) is 0 Å². The Morgan fingerprint density at radius 3 is 2.82 bits per heavy atom. The number of rotatable bonds is 4. The predicted molar refractivity (Wildman–Crippen MR) is 74.9 cm³/mol. The Morgan fingerprint density at radius 1 is 1.59 bits per heavy atom. The number of carbonyl (C=O) groups is 1. The van der Waals surface area contributed by atoms with Gasteiger partial charge >= 0.3 is 5.69 Å². The van der Waals surface area contributed by atoms with E-state index in [2.05, 4.69) is 15.5 Å². The Morgan fingerprint density at radius 2 is 2.27 bits per heavy atom. The Hall–Kier alpha value is -3.22. The molecule has 0 saturated heterocycles. The lowest BCUT2D eigenvalue weighted by molar-refractivity contribution is -0.385. The highest BCUT2D eigenvalue weighted by molar-refractivity contribution is 5.94. The van der Waals surface area contributed by atoms with Crippen molar-refractivity contribution >= 4 is 17.3 Å². The van der Waals surface area contributed by atoms with E-state index in [0.717, 1.165) is 0 Å². The van der Waals surface area contributed by atoms with E-state index >= 15 is 0 Å². The van der Waals surface area contributed by atoms with Crippen molar-refractivity contribution in [2.24, 2.45) is 7.05 Å². The second-order valence-electron chi connectivity index (χ2n) is 4.64. The predicted octanol–water partition coefficient (Wildman–Crippen LogP) is 0.905. The Kier molecular flexibility index (Phi) is 3.89. The van der Waals surface area contributed by atoms with E-state index in [0.29, 0.717) is 0 Å². The SMILES string of the molecule is Cc1nn([C@@H](C)C(=O)Nc2cnn(C)c2C#N)cc1[N+](=O)[O-]. The molecule has 0 aliphatic rings. The molecular formula is C12H13N7O3. The highest BCUT2D eigenvalue weighted by Gasteiger charge is 2.23. The molecule has 0 bridgehead atoms. The normalized spacial score (nSPS) is 11.7. The summed E-state index contributed by atoms with van der Waals surface area (Å²) in [5.41, 5.74) is 0.561. The lowest BCUT2D eigenvalue weighted by Gasteiger charge is -2.11. The molecule has 22 heavy (non-hydrogen) atoms. The van der Waals surface area contributed by atoms with Gasteiger partial charge in [0, 0.05) is 7.05 Å². The van der Waals surface area contributed by atoms with E-state index in [1.165, 1.54) is 28.7 Å². The molecule has 1 N–H and O–H groups in total. The van der Waals surface area contributed by atoms with E-state index < -0.39 is 16.9 Å². The molecule has 2 aromatic heterocycles. The van der Waals surface area contributed by atoms with Crippen LogP contribution in [0.5, 0.6) is 0 Å². The molecule has 0 unspecified atom stereocenters. The molecule has 0 fully saturated rings. The van der Waals surface area contributed by atoms with Crippen molar-refractivity contribution in [1.29, 1.82) is 5.26 Å². The molecule has 10 heteroatoms. The van der Waals surface area contributed by atoms with Gasteiger partial charge in [-0.1, -0.05) is 0 Å². The number of anilines is 1. The first-order chi connectivity index (χ1) is 10.3. The molecule has 1 atom stereocenters. The van der Waals surface area contributed by atoms with Crippen molar-refractivity contribution in [2.45, 2.75) is 19.9 Å². The van der Waals surface area contributed by atoms with E-state index in [-0.39, 0.29) is 22.8 Å². The van der Waals surface area contributed by atoms with Crippen LogP contribution in [0.25, 0.3) is 0 Å². The van der Waals surface area contributed by atoms with Crippen molar-refractivity contribution in [3.8, 4) is 6.07 Å². The van der Waals surface area contributed by atoms with Crippen LogP contribution in [0.3, 0.4) is 0 Å². The van der Waals surface area contributed by atoms with E-state index in [1.807, 2.05) is 6.07 Å². The number of hydrogen-bond donors (Lipinski definition) is 1. The van der Waals surface area contributed by atoms with Gasteiger partial charge in [-0.25, -0.2) is 0 Å². The van der Waals surface area contributed by atoms with E-state index in [1.54, 1.807) is 14.0 Å². The zero-order chi connectivity index (χ0) is 16.4. The maximum atomic E-state index is 12.2. The van der Waals surface area contributed by atoms with Crippen molar-refractivity contribution in [3.63, 3.8) is 0 Å². The second-order valence-corrected chi connectivity index (χ2v) is 4.64. The highest BCUT2D eigenvalue weighted by atomic mass is 16.6. The molecule has 2 aromatic rings. The van der Waals surface area contributed by atoms with Crippen molar-refractivity contribution in [3.05, 3.63) is 33.9 Å². The van der Waals surface area contributed by atoms with Crippen LogP contribution in [0.1, 0.15) is 24.4 Å².